The molecule has 0 bridgehead atoms. The maximum absolute atomic E-state index is 13.1. The van der Waals surface area contributed by atoms with Crippen LogP contribution < -0.4 is 5.32 Å². The summed E-state index contributed by atoms with van der Waals surface area (Å²) in [4.78, 5) is 4.32. The Balaban J connectivity index is 2.18. The third-order valence-corrected chi connectivity index (χ3v) is 3.51. The lowest BCUT2D eigenvalue weighted by molar-refractivity contribution is 0.335. The van der Waals surface area contributed by atoms with E-state index in [0.717, 1.165) is 0 Å². The van der Waals surface area contributed by atoms with Crippen LogP contribution in [0.25, 0.3) is 11.4 Å². The summed E-state index contributed by atoms with van der Waals surface area (Å²) >= 11 is 5.75. The van der Waals surface area contributed by atoms with Gasteiger partial charge in [-0.05, 0) is 31.2 Å². The molecule has 6 heteroatoms. The van der Waals surface area contributed by atoms with Crippen LogP contribution in [0, 0.1) is 11.7 Å². The zero-order valence-corrected chi connectivity index (χ0v) is 12.4. The molecule has 2 rings (SSSR count). The topological polar surface area (TPSA) is 51.0 Å². The summed E-state index contributed by atoms with van der Waals surface area (Å²) in [5.41, 5.74) is 0.636. The van der Waals surface area contributed by atoms with Crippen LogP contribution >= 0.6 is 11.6 Å². The normalized spacial score (nSPS) is 12.9. The average Bonchev–Trinajstić information content (AvgIpc) is 2.87. The number of hydrogen-bond donors (Lipinski definition) is 1. The molecule has 1 atom stereocenters. The Kier molecular flexibility index (Phi) is 4.73. The van der Waals surface area contributed by atoms with Crippen molar-refractivity contribution < 1.29 is 8.91 Å². The molecule has 0 amide bonds. The van der Waals surface area contributed by atoms with Gasteiger partial charge in [-0.25, -0.2) is 4.39 Å². The number of benzene rings is 1. The van der Waals surface area contributed by atoms with Gasteiger partial charge in [-0.15, -0.1) is 0 Å². The molecule has 1 aromatic carbocycles. The van der Waals surface area contributed by atoms with Crippen molar-refractivity contribution >= 4 is 11.6 Å². The van der Waals surface area contributed by atoms with Crippen molar-refractivity contribution in [3.8, 4) is 11.4 Å². The fourth-order valence-electron chi connectivity index (χ4n) is 1.95. The molecule has 0 radical (unpaired) electrons. The molecule has 0 spiro atoms. The first kappa shape index (κ1) is 14.9. The van der Waals surface area contributed by atoms with Crippen molar-refractivity contribution in [1.29, 1.82) is 0 Å². The van der Waals surface area contributed by atoms with E-state index >= 15 is 0 Å². The highest BCUT2D eigenvalue weighted by atomic mass is 35.5. The minimum absolute atomic E-state index is 0.0455. The molecule has 4 nitrogen and oxygen atoms in total. The zero-order chi connectivity index (χ0) is 14.7. The number of halogens is 2. The van der Waals surface area contributed by atoms with Gasteiger partial charge < -0.3 is 9.84 Å². The standard InChI is InChI=1S/C14H17ClFN3O/c1-8(2)12(17-3)7-13-18-14(19-20-13)9-4-5-11(16)10(15)6-9/h4-6,8,12,17H,7H2,1-3H3. The number of nitrogens with zero attached hydrogens (tertiary/aromatic N) is 2. The van der Waals surface area contributed by atoms with Gasteiger partial charge in [-0.2, -0.15) is 4.98 Å². The number of nitrogens with one attached hydrogen (secondary N) is 1. The number of rotatable bonds is 5. The third kappa shape index (κ3) is 3.35. The van der Waals surface area contributed by atoms with Crippen LogP contribution in [0.1, 0.15) is 19.7 Å². The predicted octanol–water partition coefficient (Wildman–Crippen LogP) is 3.32. The second kappa shape index (κ2) is 6.33. The van der Waals surface area contributed by atoms with Gasteiger partial charge in [0.05, 0.1) is 5.02 Å². The lowest BCUT2D eigenvalue weighted by Crippen LogP contribution is -2.32. The van der Waals surface area contributed by atoms with E-state index in [1.54, 1.807) is 6.07 Å². The molecule has 1 aromatic heterocycles. The van der Waals surface area contributed by atoms with Crippen molar-refractivity contribution in [2.45, 2.75) is 26.3 Å². The summed E-state index contributed by atoms with van der Waals surface area (Å²) in [5.74, 6) is 0.957. The van der Waals surface area contributed by atoms with Gasteiger partial charge in [0.25, 0.3) is 0 Å². The maximum atomic E-state index is 13.1. The van der Waals surface area contributed by atoms with Crippen LogP contribution in [-0.4, -0.2) is 23.2 Å². The third-order valence-electron chi connectivity index (χ3n) is 3.22. The Morgan fingerprint density at radius 1 is 1.40 bits per heavy atom. The highest BCUT2D eigenvalue weighted by Gasteiger charge is 2.17. The first-order valence-corrected chi connectivity index (χ1v) is 6.84. The smallest absolute Gasteiger partial charge is 0.228 e. The predicted molar refractivity (Wildman–Crippen MR) is 76.1 cm³/mol. The largest absolute Gasteiger partial charge is 0.339 e. The van der Waals surface area contributed by atoms with Crippen molar-refractivity contribution in [2.75, 3.05) is 7.05 Å². The monoisotopic (exact) mass is 297 g/mol. The highest BCUT2D eigenvalue weighted by Crippen LogP contribution is 2.23. The summed E-state index contributed by atoms with van der Waals surface area (Å²) in [6, 6.07) is 4.62. The Bertz CT molecular complexity index is 586. The highest BCUT2D eigenvalue weighted by molar-refractivity contribution is 6.31. The van der Waals surface area contributed by atoms with Crippen LogP contribution in [0.5, 0.6) is 0 Å². The summed E-state index contributed by atoms with van der Waals surface area (Å²) in [6.45, 7) is 4.25. The Morgan fingerprint density at radius 2 is 2.15 bits per heavy atom. The van der Waals surface area contributed by atoms with Crippen LogP contribution in [0.2, 0.25) is 5.02 Å². The SMILES string of the molecule is CNC(Cc1nc(-c2ccc(F)c(Cl)c2)no1)C(C)C. The van der Waals surface area contributed by atoms with Gasteiger partial charge in [0, 0.05) is 18.0 Å². The van der Waals surface area contributed by atoms with E-state index in [9.17, 15) is 4.39 Å². The fourth-order valence-corrected chi connectivity index (χ4v) is 2.13. The Morgan fingerprint density at radius 3 is 2.75 bits per heavy atom. The van der Waals surface area contributed by atoms with E-state index in [2.05, 4.69) is 29.3 Å². The van der Waals surface area contributed by atoms with Crippen LogP contribution in [0.4, 0.5) is 4.39 Å². The van der Waals surface area contributed by atoms with E-state index in [1.165, 1.54) is 12.1 Å². The fraction of sp³-hybridized carbons (Fsp3) is 0.429. The first-order chi connectivity index (χ1) is 9.51. The van der Waals surface area contributed by atoms with Crippen LogP contribution in [-0.2, 0) is 6.42 Å². The summed E-state index contributed by atoms with van der Waals surface area (Å²) in [6.07, 6.45) is 0.649. The van der Waals surface area contributed by atoms with Crippen molar-refractivity contribution in [1.82, 2.24) is 15.5 Å². The van der Waals surface area contributed by atoms with E-state index in [4.69, 9.17) is 16.1 Å². The number of likely N-dealkylation sites (N-methyl/N-ethyl adjacent to an activating group) is 1. The molecule has 1 N–H and O–H groups in total. The second-order valence-corrected chi connectivity index (χ2v) is 5.39. The van der Waals surface area contributed by atoms with E-state index in [0.29, 0.717) is 29.6 Å². The molecule has 2 aromatic rings. The van der Waals surface area contributed by atoms with Crippen molar-refractivity contribution in [2.24, 2.45) is 5.92 Å². The molecule has 0 saturated carbocycles. The number of aromatic nitrogens is 2. The summed E-state index contributed by atoms with van der Waals surface area (Å²) < 4.78 is 18.4. The molecule has 20 heavy (non-hydrogen) atoms. The van der Waals surface area contributed by atoms with Crippen molar-refractivity contribution in [3.05, 3.63) is 34.9 Å². The summed E-state index contributed by atoms with van der Waals surface area (Å²) in [5, 5.41) is 7.17. The molecular formula is C14H17ClFN3O. The van der Waals surface area contributed by atoms with Crippen LogP contribution in [0.3, 0.4) is 0 Å². The maximum Gasteiger partial charge on any atom is 0.228 e. The Hall–Kier alpha value is -1.46. The van der Waals surface area contributed by atoms with Gasteiger partial charge >= 0.3 is 0 Å². The zero-order valence-electron chi connectivity index (χ0n) is 11.7. The molecule has 108 valence electrons. The van der Waals surface area contributed by atoms with E-state index in [1.807, 2.05) is 7.05 Å². The number of hydrogen-bond acceptors (Lipinski definition) is 4. The van der Waals surface area contributed by atoms with Gasteiger partial charge in [0.2, 0.25) is 11.7 Å². The molecule has 1 heterocycles. The molecular weight excluding hydrogens is 281 g/mol. The van der Waals surface area contributed by atoms with Gasteiger partial charge in [0.1, 0.15) is 5.82 Å². The van der Waals surface area contributed by atoms with Crippen LogP contribution in [0.15, 0.2) is 22.7 Å². The lowest BCUT2D eigenvalue weighted by atomic mass is 10.0. The average molecular weight is 298 g/mol. The quantitative estimate of drug-likeness (QED) is 0.920. The first-order valence-electron chi connectivity index (χ1n) is 6.46. The molecule has 0 saturated heterocycles. The molecule has 0 aliphatic carbocycles. The van der Waals surface area contributed by atoms with Gasteiger partial charge in [-0.3, -0.25) is 0 Å². The second-order valence-electron chi connectivity index (χ2n) is 4.98. The van der Waals surface area contributed by atoms with E-state index < -0.39 is 5.82 Å². The molecule has 0 aliphatic rings. The minimum atomic E-state index is -0.464. The van der Waals surface area contributed by atoms with Gasteiger partial charge in [-0.1, -0.05) is 30.6 Å². The van der Waals surface area contributed by atoms with Gasteiger partial charge in [0.15, 0.2) is 0 Å². The molecule has 0 fully saturated rings. The summed E-state index contributed by atoms with van der Waals surface area (Å²) in [7, 11) is 1.90. The Labute approximate surface area is 122 Å². The molecule has 1 unspecified atom stereocenters. The molecule has 0 aliphatic heterocycles. The van der Waals surface area contributed by atoms with E-state index in [-0.39, 0.29) is 11.1 Å². The van der Waals surface area contributed by atoms with Crippen molar-refractivity contribution in [3.63, 3.8) is 0 Å². The minimum Gasteiger partial charge on any atom is -0.339 e. The lowest BCUT2D eigenvalue weighted by Gasteiger charge is -2.17.